The SMILES string of the molecule is COc1ccncc1-c1cc2c(cnn2-c2cc3c(ncn3C)c(N3CCCCC3)n2)c(C)n1. The highest BCUT2D eigenvalue weighted by Crippen LogP contribution is 2.33. The largest absolute Gasteiger partial charge is 0.496 e. The number of pyridine rings is 3. The molecule has 1 aliphatic heterocycles. The van der Waals surface area contributed by atoms with Gasteiger partial charge in [-0.15, -0.1) is 0 Å². The zero-order chi connectivity index (χ0) is 23.2. The molecule has 0 aliphatic carbocycles. The highest BCUT2D eigenvalue weighted by molar-refractivity contribution is 5.90. The summed E-state index contributed by atoms with van der Waals surface area (Å²) in [5, 5.41) is 5.71. The zero-order valence-corrected chi connectivity index (χ0v) is 19.6. The Labute approximate surface area is 197 Å². The summed E-state index contributed by atoms with van der Waals surface area (Å²) < 4.78 is 9.49. The maximum absolute atomic E-state index is 5.55. The third-order valence-electron chi connectivity index (χ3n) is 6.59. The molecule has 0 spiro atoms. The number of piperidine rings is 1. The van der Waals surface area contributed by atoms with Crippen LogP contribution < -0.4 is 9.64 Å². The number of aryl methyl sites for hydroxylation is 2. The lowest BCUT2D eigenvalue weighted by atomic mass is 10.1. The molecule has 34 heavy (non-hydrogen) atoms. The van der Waals surface area contributed by atoms with Gasteiger partial charge >= 0.3 is 0 Å². The minimum Gasteiger partial charge on any atom is -0.496 e. The number of hydrogen-bond acceptors (Lipinski definition) is 7. The molecule has 5 aromatic heterocycles. The van der Waals surface area contributed by atoms with Gasteiger partial charge in [0.1, 0.15) is 11.3 Å². The lowest BCUT2D eigenvalue weighted by Gasteiger charge is -2.28. The van der Waals surface area contributed by atoms with Crippen LogP contribution in [0.2, 0.25) is 0 Å². The lowest BCUT2D eigenvalue weighted by Crippen LogP contribution is -2.30. The molecule has 1 saturated heterocycles. The average molecular weight is 455 g/mol. The number of aromatic nitrogens is 7. The fourth-order valence-corrected chi connectivity index (χ4v) is 4.78. The molecule has 6 rings (SSSR count). The highest BCUT2D eigenvalue weighted by Gasteiger charge is 2.21. The first-order valence-corrected chi connectivity index (χ1v) is 11.5. The van der Waals surface area contributed by atoms with Crippen molar-refractivity contribution in [3.05, 3.63) is 48.8 Å². The first-order chi connectivity index (χ1) is 16.6. The average Bonchev–Trinajstić information content (AvgIpc) is 3.48. The Morgan fingerprint density at radius 1 is 1.00 bits per heavy atom. The summed E-state index contributed by atoms with van der Waals surface area (Å²) in [4.78, 5) is 21.2. The van der Waals surface area contributed by atoms with Crippen LogP contribution in [0.25, 0.3) is 39.0 Å². The van der Waals surface area contributed by atoms with Gasteiger partial charge in [0.15, 0.2) is 11.6 Å². The van der Waals surface area contributed by atoms with Gasteiger partial charge in [-0.2, -0.15) is 5.10 Å². The first-order valence-electron chi connectivity index (χ1n) is 11.5. The van der Waals surface area contributed by atoms with Crippen LogP contribution in [-0.4, -0.2) is 54.5 Å². The lowest BCUT2D eigenvalue weighted by molar-refractivity contribution is 0.416. The van der Waals surface area contributed by atoms with Gasteiger partial charge in [-0.05, 0) is 38.3 Å². The quantitative estimate of drug-likeness (QED) is 0.404. The third-order valence-corrected chi connectivity index (χ3v) is 6.59. The van der Waals surface area contributed by atoms with Crippen LogP contribution in [0.4, 0.5) is 5.82 Å². The van der Waals surface area contributed by atoms with Crippen molar-refractivity contribution in [3.8, 4) is 22.8 Å². The van der Waals surface area contributed by atoms with Crippen molar-refractivity contribution in [1.29, 1.82) is 0 Å². The van der Waals surface area contributed by atoms with Gasteiger partial charge in [-0.25, -0.2) is 14.6 Å². The van der Waals surface area contributed by atoms with E-state index in [-0.39, 0.29) is 0 Å². The molecule has 0 N–H and O–H groups in total. The van der Waals surface area contributed by atoms with Crippen molar-refractivity contribution in [2.45, 2.75) is 26.2 Å². The number of ether oxygens (including phenoxy) is 1. The molecule has 9 heteroatoms. The summed E-state index contributed by atoms with van der Waals surface area (Å²) >= 11 is 0. The van der Waals surface area contributed by atoms with Crippen molar-refractivity contribution in [2.24, 2.45) is 7.05 Å². The van der Waals surface area contributed by atoms with Crippen molar-refractivity contribution < 1.29 is 4.74 Å². The van der Waals surface area contributed by atoms with Gasteiger partial charge < -0.3 is 14.2 Å². The Hall–Kier alpha value is -4.01. The van der Waals surface area contributed by atoms with Crippen LogP contribution >= 0.6 is 0 Å². The molecule has 9 nitrogen and oxygen atoms in total. The Balaban J connectivity index is 1.56. The van der Waals surface area contributed by atoms with Gasteiger partial charge in [-0.3, -0.25) is 9.97 Å². The number of methoxy groups -OCH3 is 1. The highest BCUT2D eigenvalue weighted by atomic mass is 16.5. The number of rotatable bonds is 4. The van der Waals surface area contributed by atoms with E-state index < -0.39 is 0 Å². The number of fused-ring (bicyclic) bond motifs is 2. The van der Waals surface area contributed by atoms with Crippen LogP contribution in [0.1, 0.15) is 25.0 Å². The van der Waals surface area contributed by atoms with Gasteiger partial charge in [0.2, 0.25) is 0 Å². The van der Waals surface area contributed by atoms with Crippen molar-refractivity contribution in [2.75, 3.05) is 25.1 Å². The van der Waals surface area contributed by atoms with E-state index in [9.17, 15) is 0 Å². The van der Waals surface area contributed by atoms with Crippen LogP contribution in [0, 0.1) is 6.92 Å². The minimum atomic E-state index is 0.731. The summed E-state index contributed by atoms with van der Waals surface area (Å²) in [6.45, 7) is 3.99. The van der Waals surface area contributed by atoms with Crippen LogP contribution in [0.15, 0.2) is 43.1 Å². The van der Waals surface area contributed by atoms with E-state index in [1.54, 1.807) is 19.5 Å². The second-order valence-corrected chi connectivity index (χ2v) is 8.73. The predicted molar refractivity (Wildman–Crippen MR) is 132 cm³/mol. The molecule has 5 aromatic rings. The third kappa shape index (κ3) is 3.27. The van der Waals surface area contributed by atoms with Gasteiger partial charge in [0, 0.05) is 49.7 Å². The number of anilines is 1. The normalized spacial score (nSPS) is 14.3. The minimum absolute atomic E-state index is 0.731. The summed E-state index contributed by atoms with van der Waals surface area (Å²) in [5.41, 5.74) is 5.42. The predicted octanol–water partition coefficient (Wildman–Crippen LogP) is 4.07. The summed E-state index contributed by atoms with van der Waals surface area (Å²) in [6.07, 6.45) is 10.8. The standard InChI is InChI=1S/C25H26N8O/c1-16-17-14-28-33(20(17)11-19(29-16)18-13-26-8-7-22(18)34-3)23-12-21-24(27-15-31(21)2)25(30-23)32-9-5-4-6-10-32/h7-8,11-15H,4-6,9-10H2,1-3H3. The molecule has 0 atom stereocenters. The van der Waals surface area contributed by atoms with Gasteiger partial charge in [0.25, 0.3) is 0 Å². The first kappa shape index (κ1) is 20.6. The van der Waals surface area contributed by atoms with E-state index >= 15 is 0 Å². The monoisotopic (exact) mass is 454 g/mol. The smallest absolute Gasteiger partial charge is 0.159 e. The van der Waals surface area contributed by atoms with Gasteiger partial charge in [0.05, 0.1) is 41.9 Å². The summed E-state index contributed by atoms with van der Waals surface area (Å²) in [7, 11) is 3.67. The molecular formula is C25H26N8O. The van der Waals surface area contributed by atoms with E-state index in [4.69, 9.17) is 19.8 Å². The number of imidazole rings is 1. The van der Waals surface area contributed by atoms with Crippen LogP contribution in [0.5, 0.6) is 5.75 Å². The van der Waals surface area contributed by atoms with Crippen molar-refractivity contribution >= 4 is 27.8 Å². The maximum Gasteiger partial charge on any atom is 0.159 e. The fraction of sp³-hybridized carbons (Fsp3) is 0.320. The Bertz CT molecular complexity index is 1510. The number of hydrogen-bond donors (Lipinski definition) is 0. The summed E-state index contributed by atoms with van der Waals surface area (Å²) in [5.74, 6) is 2.42. The van der Waals surface area contributed by atoms with Crippen molar-refractivity contribution in [3.63, 3.8) is 0 Å². The second-order valence-electron chi connectivity index (χ2n) is 8.73. The van der Waals surface area contributed by atoms with E-state index in [1.807, 2.05) is 47.9 Å². The number of nitrogens with zero attached hydrogens (tertiary/aromatic N) is 8. The van der Waals surface area contributed by atoms with E-state index in [2.05, 4.69) is 20.9 Å². The van der Waals surface area contributed by atoms with E-state index in [0.717, 1.165) is 69.4 Å². The molecule has 6 heterocycles. The molecule has 0 bridgehead atoms. The van der Waals surface area contributed by atoms with E-state index in [0.29, 0.717) is 0 Å². The molecule has 0 saturated carbocycles. The molecule has 172 valence electrons. The Morgan fingerprint density at radius 2 is 1.85 bits per heavy atom. The van der Waals surface area contributed by atoms with Crippen molar-refractivity contribution in [1.82, 2.24) is 34.3 Å². The Morgan fingerprint density at radius 3 is 2.68 bits per heavy atom. The molecule has 0 unspecified atom stereocenters. The van der Waals surface area contributed by atoms with Gasteiger partial charge in [-0.1, -0.05) is 0 Å². The van der Waals surface area contributed by atoms with E-state index in [1.165, 1.54) is 19.3 Å². The molecule has 1 aliphatic rings. The molecule has 0 amide bonds. The molecular weight excluding hydrogens is 428 g/mol. The molecule has 0 aromatic carbocycles. The summed E-state index contributed by atoms with van der Waals surface area (Å²) in [6, 6.07) is 5.93. The zero-order valence-electron chi connectivity index (χ0n) is 19.6. The second kappa shape index (κ2) is 8.09. The maximum atomic E-state index is 5.55. The van der Waals surface area contributed by atoms with Crippen LogP contribution in [0.3, 0.4) is 0 Å². The Kier molecular flexibility index (Phi) is 4.90. The molecule has 1 fully saturated rings. The van der Waals surface area contributed by atoms with Crippen LogP contribution in [-0.2, 0) is 7.05 Å². The molecule has 0 radical (unpaired) electrons. The fourth-order valence-electron chi connectivity index (χ4n) is 4.78. The topological polar surface area (TPSA) is 86.8 Å².